The number of aliphatic hydroxyl groups is 1. The lowest BCUT2D eigenvalue weighted by Crippen LogP contribution is -2.30. The summed E-state index contributed by atoms with van der Waals surface area (Å²) in [5.74, 6) is -1.91. The van der Waals surface area contributed by atoms with Crippen molar-refractivity contribution in [2.24, 2.45) is 5.73 Å². The highest BCUT2D eigenvalue weighted by molar-refractivity contribution is 7.90. The third-order valence-corrected chi connectivity index (χ3v) is 21.9. The SMILES string of the molecule is CCOC(=O)CC(C)c1cccc(OC)c1.CCOC(=O)CC(NS(=O)(=O)c1ccccc1)c1cccc(OC)c1.COC(=O)CC(NS(=O)(=O)c1ccccc1)c1cccc(O)c1.COC(=O)CC(NS(=O)(=O)c1ccccc1)c1cccc(OCc2cccc([N+](=O)[O-])c2)c1.COc1cccc(C(N)CC(=O)O)c1.COc1cccc(CO)c1.O=C(O)CC(=O)O. The lowest BCUT2D eigenvalue weighted by Gasteiger charge is -2.19. The van der Waals surface area contributed by atoms with Crippen molar-refractivity contribution < 1.29 is 132 Å². The number of carboxylic acids is 3. The minimum Gasteiger partial charge on any atom is -0.508 e. The Labute approximate surface area is 742 Å². The average molecular weight is 1830 g/mol. The van der Waals surface area contributed by atoms with Crippen LogP contribution in [0.25, 0.3) is 0 Å². The number of carboxylic acid groups (broad SMARTS) is 3. The second-order valence-electron chi connectivity index (χ2n) is 26.8. The fourth-order valence-electron chi connectivity index (χ4n) is 11.1. The molecule has 37 heteroatoms. The van der Waals surface area contributed by atoms with E-state index in [0.29, 0.717) is 52.5 Å². The Morgan fingerprint density at radius 1 is 0.398 bits per heavy atom. The van der Waals surface area contributed by atoms with Gasteiger partial charge in [0.1, 0.15) is 47.5 Å². The number of sulfonamides is 3. The lowest BCUT2D eigenvalue weighted by atomic mass is 9.98. The van der Waals surface area contributed by atoms with Gasteiger partial charge in [-0.15, -0.1) is 0 Å². The van der Waals surface area contributed by atoms with Gasteiger partial charge in [0.15, 0.2) is 0 Å². The van der Waals surface area contributed by atoms with E-state index < -0.39 is 101 Å². The molecule has 0 spiro atoms. The number of phenolic OH excluding ortho intramolecular Hbond substituents is 1. The van der Waals surface area contributed by atoms with Gasteiger partial charge in [0.25, 0.3) is 5.69 Å². The van der Waals surface area contributed by atoms with E-state index >= 15 is 0 Å². The number of nitro groups is 1. The van der Waals surface area contributed by atoms with Gasteiger partial charge in [0.05, 0.1) is 132 Å². The predicted octanol–water partition coefficient (Wildman–Crippen LogP) is 13.1. The number of aliphatic carboxylic acids is 3. The molecular weight excluding hydrogens is 1720 g/mol. The van der Waals surface area contributed by atoms with Crippen molar-refractivity contribution in [1.29, 1.82) is 0 Å². The summed E-state index contributed by atoms with van der Waals surface area (Å²) in [6.07, 6.45) is -1.01. The number of methoxy groups -OCH3 is 6. The first-order valence-corrected chi connectivity index (χ1v) is 43.4. The molecule has 0 bridgehead atoms. The summed E-state index contributed by atoms with van der Waals surface area (Å²) >= 11 is 0. The number of hydrogen-bond acceptors (Lipinski definition) is 27. The van der Waals surface area contributed by atoms with E-state index in [9.17, 15) is 74.0 Å². The highest BCUT2D eigenvalue weighted by Gasteiger charge is 2.28. The van der Waals surface area contributed by atoms with Crippen LogP contribution in [0.1, 0.15) is 128 Å². The molecule has 686 valence electrons. The number of ether oxygens (including phenoxy) is 9. The van der Waals surface area contributed by atoms with Gasteiger partial charge in [0, 0.05) is 18.2 Å². The maximum atomic E-state index is 12.8. The molecule has 0 saturated carbocycles. The van der Waals surface area contributed by atoms with Crippen LogP contribution < -0.4 is 43.6 Å². The summed E-state index contributed by atoms with van der Waals surface area (Å²) < 4.78 is 129. The van der Waals surface area contributed by atoms with Crippen LogP contribution in [0.5, 0.6) is 34.5 Å². The molecule has 0 heterocycles. The number of aliphatic hydroxyl groups excluding tert-OH is 1. The molecule has 34 nitrogen and oxygen atoms in total. The molecule has 0 aliphatic rings. The fraction of sp³-hybridized carbons (Fsp3) is 0.264. The summed E-state index contributed by atoms with van der Waals surface area (Å²) in [5, 5.41) is 53.2. The summed E-state index contributed by atoms with van der Waals surface area (Å²) in [6.45, 7) is 6.32. The highest BCUT2D eigenvalue weighted by atomic mass is 32.2. The minimum atomic E-state index is -3.90. The summed E-state index contributed by atoms with van der Waals surface area (Å²) in [4.78, 5) is 86.8. The van der Waals surface area contributed by atoms with E-state index in [2.05, 4.69) is 18.9 Å². The molecule has 10 aromatic carbocycles. The summed E-state index contributed by atoms with van der Waals surface area (Å²) in [6, 6.07) is 68.6. The van der Waals surface area contributed by atoms with E-state index in [1.165, 1.54) is 82.0 Å². The monoisotopic (exact) mass is 1830 g/mol. The maximum absolute atomic E-state index is 12.8. The molecular formula is C91H105N5O29S3. The number of nitro benzene ring substituents is 1. The van der Waals surface area contributed by atoms with Crippen LogP contribution in [0.4, 0.5) is 5.69 Å². The lowest BCUT2D eigenvalue weighted by molar-refractivity contribution is -0.384. The Morgan fingerprint density at radius 3 is 1.12 bits per heavy atom. The van der Waals surface area contributed by atoms with Gasteiger partial charge in [-0.2, -0.15) is 0 Å². The number of carbonyl (C=O) groups excluding carboxylic acids is 4. The average Bonchev–Trinajstić information content (AvgIpc) is 0.828. The first-order valence-electron chi connectivity index (χ1n) is 38.9. The maximum Gasteiger partial charge on any atom is 0.314 e. The number of nitrogens with one attached hydrogen (secondary N) is 3. The van der Waals surface area contributed by atoms with Crippen molar-refractivity contribution >= 4 is 77.5 Å². The van der Waals surface area contributed by atoms with Gasteiger partial charge >= 0.3 is 41.8 Å². The first kappa shape index (κ1) is 107. The Morgan fingerprint density at radius 2 is 0.742 bits per heavy atom. The van der Waals surface area contributed by atoms with E-state index in [1.54, 1.807) is 186 Å². The number of phenols is 1. The molecule has 0 aromatic heterocycles. The van der Waals surface area contributed by atoms with Crippen molar-refractivity contribution in [3.63, 3.8) is 0 Å². The van der Waals surface area contributed by atoms with E-state index in [-0.39, 0.29) is 83.5 Å². The predicted molar refractivity (Wildman–Crippen MR) is 472 cm³/mol. The third-order valence-electron chi connectivity index (χ3n) is 17.5. The van der Waals surface area contributed by atoms with Crippen molar-refractivity contribution in [2.75, 3.05) is 55.9 Å². The molecule has 5 unspecified atom stereocenters. The smallest absolute Gasteiger partial charge is 0.314 e. The largest absolute Gasteiger partial charge is 0.508 e. The number of aromatic hydroxyl groups is 1. The van der Waals surface area contributed by atoms with E-state index in [4.69, 9.17) is 64.1 Å². The fourth-order valence-corrected chi connectivity index (χ4v) is 14.8. The molecule has 10 N–H and O–H groups in total. The summed E-state index contributed by atoms with van der Waals surface area (Å²) in [7, 11) is -2.73. The van der Waals surface area contributed by atoms with Crippen molar-refractivity contribution in [3.05, 3.63) is 310 Å². The van der Waals surface area contributed by atoms with Crippen LogP contribution in [0, 0.1) is 10.1 Å². The Kier molecular flexibility index (Phi) is 47.0. The number of rotatable bonds is 37. The van der Waals surface area contributed by atoms with Gasteiger partial charge in [-0.25, -0.2) is 39.4 Å². The number of nitrogens with zero attached hydrogens (tertiary/aromatic N) is 1. The molecule has 10 aromatic rings. The van der Waals surface area contributed by atoms with Gasteiger partial charge in [0.2, 0.25) is 30.1 Å². The Balaban J connectivity index is 0.000000327. The number of esters is 4. The van der Waals surface area contributed by atoms with Gasteiger partial charge in [-0.3, -0.25) is 43.7 Å². The number of benzene rings is 10. The zero-order chi connectivity index (χ0) is 94.8. The zero-order valence-electron chi connectivity index (χ0n) is 71.6. The second kappa shape index (κ2) is 56.3. The molecule has 0 amide bonds. The Bertz CT molecular complexity index is 5500. The molecule has 10 rings (SSSR count). The second-order valence-corrected chi connectivity index (χ2v) is 32.0. The van der Waals surface area contributed by atoms with Gasteiger partial charge in [-0.1, -0.05) is 146 Å². The van der Waals surface area contributed by atoms with Crippen LogP contribution in [0.3, 0.4) is 0 Å². The van der Waals surface area contributed by atoms with E-state index in [0.717, 1.165) is 28.2 Å². The zero-order valence-corrected chi connectivity index (χ0v) is 74.0. The van der Waals surface area contributed by atoms with Crippen LogP contribution in [-0.4, -0.2) is 153 Å². The normalized spacial score (nSPS) is 11.8. The standard InChI is InChI=1S/C23H22N2O7S.C18H21NO5S.C16H17NO5S.C13H18O3.C10H13NO3.C8H10O2.C3H4O4/c1-31-23(26)15-22(24-33(29,30)21-11-3-2-4-12-21)18-8-6-10-20(14-18)32-16-17-7-5-9-19(13-17)25(27)28;1-3-24-18(20)13-17(14-8-7-9-15(12-14)23-2)19-25(21,22)16-10-5-4-6-11-16;1-22-16(19)11-15(12-6-5-7-13(18)10-12)17-23(20,21)14-8-3-2-4-9-14;1-4-16-13(14)8-10(2)11-6-5-7-12(9-11)15-3;1-14-8-4-2-3-7(5-8)9(11)6-10(12)13;1-10-8-4-2-3-7(5-8)6-9;4-2(5)1-3(6)7/h2-14,22,24H,15-16H2,1H3;4-12,17,19H,3,13H2,1-2H3;2-10,15,17-18H,11H2,1H3;5-7,9-10H,4,8H2,1-3H3;2-5,9H,6,11H2,1H3,(H,12,13);2-5,9H,6H2,1H3;1H2,(H,4,5)(H,6,7). The van der Waals surface area contributed by atoms with Crippen LogP contribution in [0.15, 0.2) is 276 Å². The van der Waals surface area contributed by atoms with Crippen LogP contribution in [0.2, 0.25) is 0 Å². The number of nitrogens with two attached hydrogens (primary N) is 1. The van der Waals surface area contributed by atoms with Gasteiger partial charge in [-0.05, 0) is 168 Å². The topological polar surface area (TPSA) is 511 Å². The van der Waals surface area contributed by atoms with Crippen LogP contribution in [-0.2, 0) is 95.8 Å². The molecule has 0 aliphatic carbocycles. The molecule has 128 heavy (non-hydrogen) atoms. The number of hydrogen-bond donors (Lipinski definition) is 9. The van der Waals surface area contributed by atoms with Crippen molar-refractivity contribution in [1.82, 2.24) is 14.2 Å². The molecule has 0 radical (unpaired) electrons. The number of non-ortho nitro benzene ring substituents is 1. The first-order chi connectivity index (χ1) is 60.9. The van der Waals surface area contributed by atoms with Crippen molar-refractivity contribution in [2.45, 2.75) is 117 Å². The molecule has 0 aliphatic heterocycles. The third kappa shape index (κ3) is 40.1. The van der Waals surface area contributed by atoms with E-state index in [1.807, 2.05) is 56.3 Å². The molecule has 5 atom stereocenters. The Hall–Kier alpha value is -13.7. The molecule has 0 fully saturated rings. The van der Waals surface area contributed by atoms with Crippen LogP contribution >= 0.6 is 0 Å². The molecule has 0 saturated heterocycles. The van der Waals surface area contributed by atoms with Gasteiger partial charge < -0.3 is 73.9 Å². The minimum absolute atomic E-state index is 0.0173. The van der Waals surface area contributed by atoms with Crippen molar-refractivity contribution in [3.8, 4) is 34.5 Å². The quantitative estimate of drug-likeness (QED) is 0.00574. The highest BCUT2D eigenvalue weighted by Crippen LogP contribution is 2.30. The summed E-state index contributed by atoms with van der Waals surface area (Å²) in [5.41, 5.74) is 10.6. The number of carbonyl (C=O) groups is 7.